The van der Waals surface area contributed by atoms with Gasteiger partial charge in [0.2, 0.25) is 5.91 Å². The topological polar surface area (TPSA) is 98.3 Å². The molecule has 1 rings (SSSR count). The molecule has 6 nitrogen and oxygen atoms in total. The molecule has 6 heteroatoms. The fraction of sp³-hybridized carbons (Fsp3) is 0.462. The highest BCUT2D eigenvalue weighted by Gasteiger charge is 2.12. The van der Waals surface area contributed by atoms with Crippen LogP contribution >= 0.6 is 0 Å². The molecule has 0 spiro atoms. The van der Waals surface area contributed by atoms with Crippen LogP contribution in [-0.4, -0.2) is 17.4 Å². The number of carbonyl (C=O) groups excluding carboxylic acids is 1. The summed E-state index contributed by atoms with van der Waals surface area (Å²) in [7, 11) is 0. The number of rotatable bonds is 7. The van der Waals surface area contributed by atoms with Crippen molar-refractivity contribution in [2.45, 2.75) is 26.3 Å². The van der Waals surface area contributed by atoms with Crippen LogP contribution in [0.2, 0.25) is 0 Å². The molecule has 1 aromatic rings. The highest BCUT2D eigenvalue weighted by atomic mass is 16.6. The lowest BCUT2D eigenvalue weighted by atomic mass is 10.0. The van der Waals surface area contributed by atoms with Gasteiger partial charge in [-0.05, 0) is 24.9 Å². The first-order valence-corrected chi connectivity index (χ1v) is 6.25. The molecule has 0 aliphatic carbocycles. The molecular formula is C13H19N3O3. The number of nitro benzene ring substituents is 1. The molecule has 1 unspecified atom stereocenters. The molecule has 3 N–H and O–H groups in total. The van der Waals surface area contributed by atoms with Crippen molar-refractivity contribution in [3.63, 3.8) is 0 Å². The second kappa shape index (κ2) is 7.48. The van der Waals surface area contributed by atoms with Crippen molar-refractivity contribution in [3.8, 4) is 0 Å². The van der Waals surface area contributed by atoms with Gasteiger partial charge in [-0.1, -0.05) is 19.1 Å². The highest BCUT2D eigenvalue weighted by molar-refractivity contribution is 5.78. The maximum Gasteiger partial charge on any atom is 0.269 e. The van der Waals surface area contributed by atoms with Crippen LogP contribution < -0.4 is 11.1 Å². The van der Waals surface area contributed by atoms with Crippen molar-refractivity contribution >= 4 is 11.6 Å². The number of amides is 1. The Labute approximate surface area is 112 Å². The van der Waals surface area contributed by atoms with E-state index in [9.17, 15) is 14.9 Å². The molecule has 0 aromatic heterocycles. The summed E-state index contributed by atoms with van der Waals surface area (Å²) in [5.41, 5.74) is 6.14. The van der Waals surface area contributed by atoms with Crippen LogP contribution in [0, 0.1) is 16.0 Å². The Hall–Kier alpha value is -1.95. The molecule has 0 radical (unpaired) electrons. The maximum atomic E-state index is 11.8. The van der Waals surface area contributed by atoms with E-state index >= 15 is 0 Å². The lowest BCUT2D eigenvalue weighted by molar-refractivity contribution is -0.384. The third-order valence-electron chi connectivity index (χ3n) is 2.88. The molecule has 19 heavy (non-hydrogen) atoms. The van der Waals surface area contributed by atoms with Gasteiger partial charge in [-0.15, -0.1) is 0 Å². The van der Waals surface area contributed by atoms with Gasteiger partial charge in [0.15, 0.2) is 0 Å². The van der Waals surface area contributed by atoms with Gasteiger partial charge in [0, 0.05) is 24.6 Å². The fourth-order valence-electron chi connectivity index (χ4n) is 1.70. The van der Waals surface area contributed by atoms with E-state index in [0.717, 1.165) is 12.8 Å². The van der Waals surface area contributed by atoms with E-state index < -0.39 is 4.92 Å². The Balaban J connectivity index is 2.50. The van der Waals surface area contributed by atoms with Crippen LogP contribution in [0.1, 0.15) is 25.3 Å². The second-order valence-electron chi connectivity index (χ2n) is 4.48. The molecule has 0 saturated heterocycles. The average molecular weight is 265 g/mol. The SMILES string of the molecule is CC(CCCN)C(=O)NCc1cccc([N+](=O)[O-])c1. The number of nitrogens with two attached hydrogens (primary N) is 1. The zero-order valence-corrected chi connectivity index (χ0v) is 11.0. The number of benzene rings is 1. The summed E-state index contributed by atoms with van der Waals surface area (Å²) in [6, 6.07) is 6.25. The van der Waals surface area contributed by atoms with Gasteiger partial charge in [0.25, 0.3) is 5.69 Å². The summed E-state index contributed by atoms with van der Waals surface area (Å²) in [4.78, 5) is 21.9. The predicted molar refractivity (Wildman–Crippen MR) is 72.4 cm³/mol. The molecular weight excluding hydrogens is 246 g/mol. The second-order valence-corrected chi connectivity index (χ2v) is 4.48. The largest absolute Gasteiger partial charge is 0.352 e. The lowest BCUT2D eigenvalue weighted by Crippen LogP contribution is -2.29. The number of nitrogens with zero attached hydrogens (tertiary/aromatic N) is 1. The number of nitro groups is 1. The summed E-state index contributed by atoms with van der Waals surface area (Å²) in [5, 5.41) is 13.4. The zero-order chi connectivity index (χ0) is 14.3. The lowest BCUT2D eigenvalue weighted by Gasteiger charge is -2.11. The van der Waals surface area contributed by atoms with Crippen LogP contribution in [-0.2, 0) is 11.3 Å². The van der Waals surface area contributed by atoms with E-state index in [1.165, 1.54) is 12.1 Å². The van der Waals surface area contributed by atoms with E-state index in [1.54, 1.807) is 12.1 Å². The normalized spacial score (nSPS) is 11.9. The standard InChI is InChI=1S/C13H19N3O3/c1-10(4-3-7-14)13(17)15-9-11-5-2-6-12(8-11)16(18)19/h2,5-6,8,10H,3-4,7,9,14H2,1H3,(H,15,17). The van der Waals surface area contributed by atoms with Crippen LogP contribution in [0.25, 0.3) is 0 Å². The van der Waals surface area contributed by atoms with Crippen LogP contribution in [0.4, 0.5) is 5.69 Å². The quantitative estimate of drug-likeness (QED) is 0.577. The number of non-ortho nitro benzene ring substituents is 1. The fourth-order valence-corrected chi connectivity index (χ4v) is 1.70. The summed E-state index contributed by atoms with van der Waals surface area (Å²) in [6.45, 7) is 2.72. The molecule has 0 bridgehead atoms. The van der Waals surface area contributed by atoms with Gasteiger partial charge < -0.3 is 11.1 Å². The molecule has 1 amide bonds. The first kappa shape index (κ1) is 15.1. The molecule has 0 saturated carbocycles. The highest BCUT2D eigenvalue weighted by Crippen LogP contribution is 2.13. The average Bonchev–Trinajstić information content (AvgIpc) is 2.42. The van der Waals surface area contributed by atoms with Crippen molar-refractivity contribution in [2.24, 2.45) is 11.7 Å². The summed E-state index contributed by atoms with van der Waals surface area (Å²) in [5.74, 6) is -0.151. The van der Waals surface area contributed by atoms with Crippen molar-refractivity contribution in [3.05, 3.63) is 39.9 Å². The number of hydrogen-bond acceptors (Lipinski definition) is 4. The summed E-state index contributed by atoms with van der Waals surface area (Å²) < 4.78 is 0. The van der Waals surface area contributed by atoms with Gasteiger partial charge in [0.05, 0.1) is 4.92 Å². The Kier molecular flexibility index (Phi) is 5.95. The molecule has 104 valence electrons. The molecule has 1 aromatic carbocycles. The van der Waals surface area contributed by atoms with Gasteiger partial charge in [-0.3, -0.25) is 14.9 Å². The summed E-state index contributed by atoms with van der Waals surface area (Å²) in [6.07, 6.45) is 1.56. The third kappa shape index (κ3) is 5.05. The minimum absolute atomic E-state index is 0.0305. The van der Waals surface area contributed by atoms with Crippen molar-refractivity contribution < 1.29 is 9.72 Å². The predicted octanol–water partition coefficient (Wildman–Crippen LogP) is 1.59. The van der Waals surface area contributed by atoms with Gasteiger partial charge in [0.1, 0.15) is 0 Å². The number of hydrogen-bond donors (Lipinski definition) is 2. The Morgan fingerprint density at radius 1 is 1.53 bits per heavy atom. The maximum absolute atomic E-state index is 11.8. The van der Waals surface area contributed by atoms with Crippen LogP contribution in [0.3, 0.4) is 0 Å². The Bertz CT molecular complexity index is 449. The first-order chi connectivity index (χ1) is 9.04. The number of carbonyl (C=O) groups is 1. The van der Waals surface area contributed by atoms with Crippen molar-refractivity contribution in [1.82, 2.24) is 5.32 Å². The van der Waals surface area contributed by atoms with Crippen molar-refractivity contribution in [1.29, 1.82) is 0 Å². The van der Waals surface area contributed by atoms with Crippen LogP contribution in [0.5, 0.6) is 0 Å². The van der Waals surface area contributed by atoms with E-state index in [-0.39, 0.29) is 17.5 Å². The van der Waals surface area contributed by atoms with Gasteiger partial charge in [-0.25, -0.2) is 0 Å². The van der Waals surface area contributed by atoms with Gasteiger partial charge >= 0.3 is 0 Å². The Morgan fingerprint density at radius 3 is 2.89 bits per heavy atom. The number of nitrogens with one attached hydrogen (secondary N) is 1. The Morgan fingerprint density at radius 2 is 2.26 bits per heavy atom. The summed E-state index contributed by atoms with van der Waals surface area (Å²) >= 11 is 0. The van der Waals surface area contributed by atoms with E-state index in [0.29, 0.717) is 18.7 Å². The molecule has 1 atom stereocenters. The smallest absolute Gasteiger partial charge is 0.269 e. The minimum atomic E-state index is -0.449. The van der Waals surface area contributed by atoms with Crippen molar-refractivity contribution in [2.75, 3.05) is 6.54 Å². The monoisotopic (exact) mass is 265 g/mol. The molecule has 0 heterocycles. The molecule has 0 fully saturated rings. The minimum Gasteiger partial charge on any atom is -0.352 e. The zero-order valence-electron chi connectivity index (χ0n) is 11.0. The van der Waals surface area contributed by atoms with E-state index in [1.807, 2.05) is 6.92 Å². The molecule has 0 aliphatic heterocycles. The van der Waals surface area contributed by atoms with E-state index in [4.69, 9.17) is 5.73 Å². The first-order valence-electron chi connectivity index (χ1n) is 6.25. The van der Waals surface area contributed by atoms with E-state index in [2.05, 4.69) is 5.32 Å². The van der Waals surface area contributed by atoms with Gasteiger partial charge in [-0.2, -0.15) is 0 Å². The third-order valence-corrected chi connectivity index (χ3v) is 2.88. The van der Waals surface area contributed by atoms with Crippen LogP contribution in [0.15, 0.2) is 24.3 Å². The molecule has 0 aliphatic rings.